The first-order valence-electron chi connectivity index (χ1n) is 11.5. The van der Waals surface area contributed by atoms with Gasteiger partial charge in [0.1, 0.15) is 0 Å². The minimum Gasteiger partial charge on any atom is -0.366 e. The number of nitrogens with one attached hydrogen (secondary N) is 2. The monoisotopic (exact) mass is 483 g/mol. The van der Waals surface area contributed by atoms with Crippen molar-refractivity contribution >= 4 is 29.8 Å². The molecule has 3 rings (SSSR count). The number of pyridine rings is 1. The lowest BCUT2D eigenvalue weighted by molar-refractivity contribution is 0.0933. The van der Waals surface area contributed by atoms with Crippen molar-refractivity contribution in [2.45, 2.75) is 32.4 Å². The van der Waals surface area contributed by atoms with E-state index in [1.54, 1.807) is 49.5 Å². The lowest BCUT2D eigenvalue weighted by atomic mass is 10.0. The molecule has 0 radical (unpaired) electrons. The van der Waals surface area contributed by atoms with Gasteiger partial charge in [0.05, 0.1) is 5.56 Å². The number of aliphatic imine (C=N–C) groups is 1. The molecule has 184 valence electrons. The third-order valence-electron chi connectivity index (χ3n) is 5.55. The molecule has 4 N–H and O–H groups in total. The maximum Gasteiger partial charge on any atom is 0.253 e. The Kier molecular flexibility index (Phi) is 9.22. The number of nitrogens with zero attached hydrogens (tertiary/aromatic N) is 2. The van der Waals surface area contributed by atoms with Crippen molar-refractivity contribution in [3.8, 4) is 0 Å². The fourth-order valence-corrected chi connectivity index (χ4v) is 3.58. The van der Waals surface area contributed by atoms with Crippen LogP contribution in [0, 0.1) is 6.92 Å². The maximum atomic E-state index is 12.8. The topological polar surface area (TPSA) is 127 Å². The molecule has 0 spiro atoms. The van der Waals surface area contributed by atoms with E-state index in [1.807, 2.05) is 30.3 Å². The van der Waals surface area contributed by atoms with Crippen molar-refractivity contribution in [1.29, 1.82) is 0 Å². The summed E-state index contributed by atoms with van der Waals surface area (Å²) in [6, 6.07) is 17.6. The zero-order valence-electron chi connectivity index (χ0n) is 20.1. The van der Waals surface area contributed by atoms with Gasteiger partial charge in [-0.3, -0.25) is 14.4 Å². The van der Waals surface area contributed by atoms with Gasteiger partial charge in [0.15, 0.2) is 5.82 Å². The van der Waals surface area contributed by atoms with E-state index in [0.29, 0.717) is 47.5 Å². The van der Waals surface area contributed by atoms with Crippen molar-refractivity contribution in [3.05, 3.63) is 107 Å². The number of benzene rings is 2. The van der Waals surface area contributed by atoms with Gasteiger partial charge >= 0.3 is 0 Å². The van der Waals surface area contributed by atoms with Crippen molar-refractivity contribution in [2.75, 3.05) is 0 Å². The fourth-order valence-electron chi connectivity index (χ4n) is 3.58. The van der Waals surface area contributed by atoms with E-state index in [9.17, 15) is 14.4 Å². The van der Waals surface area contributed by atoms with Crippen LogP contribution in [0.25, 0.3) is 0 Å². The number of primary amides is 1. The highest BCUT2D eigenvalue weighted by Crippen LogP contribution is 2.15. The molecular weight excluding hydrogens is 454 g/mol. The van der Waals surface area contributed by atoms with Crippen molar-refractivity contribution in [2.24, 2.45) is 10.7 Å². The Labute approximate surface area is 210 Å². The van der Waals surface area contributed by atoms with E-state index in [2.05, 4.69) is 27.2 Å². The third kappa shape index (κ3) is 7.20. The number of carbonyl (C=O) groups is 3. The summed E-state index contributed by atoms with van der Waals surface area (Å²) in [5.74, 6) is -0.654. The summed E-state index contributed by atoms with van der Waals surface area (Å²) in [6.07, 6.45) is 5.82. The molecule has 0 aliphatic heterocycles. The molecule has 8 heteroatoms. The number of hydrogen-bond acceptors (Lipinski definition) is 5. The number of rotatable bonds is 11. The van der Waals surface area contributed by atoms with E-state index in [1.165, 1.54) is 6.20 Å². The fraction of sp³-hybridized carbons (Fsp3) is 0.179. The number of carbonyl (C=O) groups excluding carboxylic acids is 3. The number of aromatic nitrogens is 1. The first-order chi connectivity index (χ1) is 17.4. The summed E-state index contributed by atoms with van der Waals surface area (Å²) >= 11 is 0. The van der Waals surface area contributed by atoms with Crippen LogP contribution in [-0.2, 0) is 6.54 Å². The molecule has 36 heavy (non-hydrogen) atoms. The molecule has 3 aromatic rings. The highest BCUT2D eigenvalue weighted by Gasteiger charge is 2.17. The molecule has 1 aromatic heterocycles. The number of amides is 3. The Balaban J connectivity index is 1.57. The Morgan fingerprint density at radius 2 is 1.75 bits per heavy atom. The predicted molar refractivity (Wildman–Crippen MR) is 140 cm³/mol. The summed E-state index contributed by atoms with van der Waals surface area (Å²) in [4.78, 5) is 45.3. The van der Waals surface area contributed by atoms with E-state index >= 15 is 0 Å². The van der Waals surface area contributed by atoms with Crippen LogP contribution in [0.5, 0.6) is 0 Å². The standard InChI is InChI=1S/C28H29N5O3/c1-3-8-22(33-28(36)24-12-7-11-23(19(24)2)26(29)34)15-16-30-25-14-13-21(18-31-25)27(35)32-17-20-9-5-4-6-10-20/h3-7,9-14,16,18,22H,1,8,15,17H2,2H3,(H2,29,34)(H,32,35)(H,33,36). The quantitative estimate of drug-likeness (QED) is 0.282. The molecule has 1 atom stereocenters. The average Bonchev–Trinajstić information content (AvgIpc) is 2.88. The molecule has 1 heterocycles. The molecule has 0 fully saturated rings. The molecule has 2 aromatic carbocycles. The van der Waals surface area contributed by atoms with Gasteiger partial charge in [-0.1, -0.05) is 42.5 Å². The highest BCUT2D eigenvalue weighted by atomic mass is 16.2. The van der Waals surface area contributed by atoms with Gasteiger partial charge in [0, 0.05) is 42.5 Å². The van der Waals surface area contributed by atoms with Crippen LogP contribution >= 0.6 is 0 Å². The first-order valence-corrected chi connectivity index (χ1v) is 11.5. The Bertz CT molecular complexity index is 1250. The smallest absolute Gasteiger partial charge is 0.253 e. The molecule has 0 aliphatic carbocycles. The van der Waals surface area contributed by atoms with Gasteiger partial charge in [0.2, 0.25) is 5.91 Å². The Morgan fingerprint density at radius 1 is 1.00 bits per heavy atom. The summed E-state index contributed by atoms with van der Waals surface area (Å²) in [6.45, 7) is 5.88. The van der Waals surface area contributed by atoms with E-state index in [-0.39, 0.29) is 17.9 Å². The normalized spacial score (nSPS) is 11.6. The molecule has 1 unspecified atom stereocenters. The summed E-state index contributed by atoms with van der Waals surface area (Å²) < 4.78 is 0. The molecular formula is C28H29N5O3. The van der Waals surface area contributed by atoms with E-state index in [4.69, 9.17) is 5.73 Å². The lowest BCUT2D eigenvalue weighted by Gasteiger charge is -2.17. The summed E-state index contributed by atoms with van der Waals surface area (Å²) in [5, 5.41) is 5.81. The molecule has 0 saturated heterocycles. The predicted octanol–water partition coefficient (Wildman–Crippen LogP) is 3.89. The van der Waals surface area contributed by atoms with E-state index < -0.39 is 5.91 Å². The van der Waals surface area contributed by atoms with Crippen LogP contribution in [0.1, 0.15) is 55.0 Å². The zero-order valence-corrected chi connectivity index (χ0v) is 20.1. The maximum absolute atomic E-state index is 12.8. The van der Waals surface area contributed by atoms with Gasteiger partial charge in [-0.15, -0.1) is 6.58 Å². The molecule has 3 amide bonds. The third-order valence-corrected chi connectivity index (χ3v) is 5.55. The van der Waals surface area contributed by atoms with Crippen molar-refractivity contribution < 1.29 is 14.4 Å². The van der Waals surface area contributed by atoms with Crippen LogP contribution in [-0.4, -0.2) is 35.0 Å². The largest absolute Gasteiger partial charge is 0.366 e. The minimum absolute atomic E-state index is 0.216. The molecule has 0 bridgehead atoms. The van der Waals surface area contributed by atoms with Crippen LogP contribution in [0.15, 0.2) is 84.5 Å². The van der Waals surface area contributed by atoms with Gasteiger partial charge < -0.3 is 16.4 Å². The summed E-state index contributed by atoms with van der Waals surface area (Å²) in [7, 11) is 0. The van der Waals surface area contributed by atoms with Crippen LogP contribution < -0.4 is 16.4 Å². The Morgan fingerprint density at radius 3 is 2.42 bits per heavy atom. The second-order valence-electron chi connectivity index (χ2n) is 8.16. The SMILES string of the molecule is C=CCC(CC=Nc1ccc(C(=O)NCc2ccccc2)cn1)NC(=O)c1cccc(C(N)=O)c1C. The number of nitrogens with two attached hydrogens (primary N) is 1. The average molecular weight is 484 g/mol. The Hall–Kier alpha value is -4.59. The van der Waals surface area contributed by atoms with Crippen LogP contribution in [0.4, 0.5) is 5.82 Å². The van der Waals surface area contributed by atoms with Crippen molar-refractivity contribution in [1.82, 2.24) is 15.6 Å². The molecule has 0 aliphatic rings. The molecule has 0 saturated carbocycles. The van der Waals surface area contributed by atoms with Crippen molar-refractivity contribution in [3.63, 3.8) is 0 Å². The highest BCUT2D eigenvalue weighted by molar-refractivity contribution is 6.01. The lowest BCUT2D eigenvalue weighted by Crippen LogP contribution is -2.35. The van der Waals surface area contributed by atoms with Gasteiger partial charge in [-0.2, -0.15) is 0 Å². The zero-order chi connectivity index (χ0) is 25.9. The van der Waals surface area contributed by atoms with Gasteiger partial charge in [-0.25, -0.2) is 9.98 Å². The number of hydrogen-bond donors (Lipinski definition) is 3. The van der Waals surface area contributed by atoms with Crippen LogP contribution in [0.3, 0.4) is 0 Å². The second kappa shape index (κ2) is 12.8. The van der Waals surface area contributed by atoms with Gasteiger partial charge in [-0.05, 0) is 48.7 Å². The second-order valence-corrected chi connectivity index (χ2v) is 8.16. The van der Waals surface area contributed by atoms with Gasteiger partial charge in [0.25, 0.3) is 11.8 Å². The van der Waals surface area contributed by atoms with Crippen LogP contribution in [0.2, 0.25) is 0 Å². The summed E-state index contributed by atoms with van der Waals surface area (Å²) in [5.41, 5.74) is 8.07. The molecule has 8 nitrogen and oxygen atoms in total. The minimum atomic E-state index is -0.580. The first kappa shape index (κ1) is 26.0. The van der Waals surface area contributed by atoms with E-state index in [0.717, 1.165) is 5.56 Å².